The molecule has 0 amide bonds. The molecule has 0 fully saturated rings. The molecule has 0 saturated carbocycles. The van der Waals surface area contributed by atoms with Gasteiger partial charge in [-0.15, -0.1) is 0 Å². The fourth-order valence-electron chi connectivity index (χ4n) is 2.51. The maximum atomic E-state index is 11.7. The molecule has 2 aromatic carbocycles. The summed E-state index contributed by atoms with van der Waals surface area (Å²) in [5, 5.41) is 10.7. The van der Waals surface area contributed by atoms with E-state index in [-0.39, 0.29) is 5.56 Å². The summed E-state index contributed by atoms with van der Waals surface area (Å²) in [4.78, 5) is 16.3. The summed E-state index contributed by atoms with van der Waals surface area (Å²) < 4.78 is 0.663. The van der Waals surface area contributed by atoms with Crippen molar-refractivity contribution in [3.63, 3.8) is 0 Å². The standard InChI is InChI=1S/C18H13BrClNO2/c1-9-3-5-11(6-4-9)15-8-13(18(22)23)12-7-14(19)16(20)10(2)17(12)21-15/h3-8H,1-2H3,(H,22,23). The van der Waals surface area contributed by atoms with Gasteiger partial charge in [0.25, 0.3) is 0 Å². The van der Waals surface area contributed by atoms with Gasteiger partial charge in [0, 0.05) is 15.4 Å². The minimum Gasteiger partial charge on any atom is -0.478 e. The molecular weight excluding hydrogens is 378 g/mol. The smallest absolute Gasteiger partial charge is 0.336 e. The molecule has 0 bridgehead atoms. The number of rotatable bonds is 2. The molecule has 23 heavy (non-hydrogen) atoms. The Bertz CT molecular complexity index is 936. The summed E-state index contributed by atoms with van der Waals surface area (Å²) in [6.45, 7) is 3.84. The van der Waals surface area contributed by atoms with Gasteiger partial charge in [0.05, 0.1) is 21.8 Å². The van der Waals surface area contributed by atoms with Gasteiger partial charge in [-0.2, -0.15) is 0 Å². The van der Waals surface area contributed by atoms with Crippen molar-refractivity contribution in [1.82, 2.24) is 4.98 Å². The first kappa shape index (κ1) is 16.0. The SMILES string of the molecule is Cc1ccc(-c2cc(C(=O)O)c3cc(Br)c(Cl)c(C)c3n2)cc1. The van der Waals surface area contributed by atoms with Crippen LogP contribution >= 0.6 is 27.5 Å². The van der Waals surface area contributed by atoms with Crippen LogP contribution in [-0.4, -0.2) is 16.1 Å². The molecule has 0 spiro atoms. The monoisotopic (exact) mass is 389 g/mol. The van der Waals surface area contributed by atoms with Gasteiger partial charge in [-0.3, -0.25) is 0 Å². The fraction of sp³-hybridized carbons (Fsp3) is 0.111. The molecule has 0 atom stereocenters. The Hall–Kier alpha value is -1.91. The van der Waals surface area contributed by atoms with Crippen LogP contribution in [0.3, 0.4) is 0 Å². The number of benzene rings is 2. The molecule has 0 unspecified atom stereocenters. The van der Waals surface area contributed by atoms with Crippen LogP contribution in [0.25, 0.3) is 22.2 Å². The average molecular weight is 391 g/mol. The second-order valence-corrected chi connectivity index (χ2v) is 6.65. The molecule has 3 nitrogen and oxygen atoms in total. The Morgan fingerprint density at radius 3 is 2.43 bits per heavy atom. The molecule has 5 heteroatoms. The summed E-state index contributed by atoms with van der Waals surface area (Å²) in [5.41, 5.74) is 4.21. The van der Waals surface area contributed by atoms with Crippen molar-refractivity contribution in [2.75, 3.05) is 0 Å². The third-order valence-electron chi connectivity index (χ3n) is 3.80. The van der Waals surface area contributed by atoms with Crippen molar-refractivity contribution >= 4 is 44.4 Å². The molecule has 0 aliphatic rings. The number of carbonyl (C=O) groups is 1. The van der Waals surface area contributed by atoms with Crippen molar-refractivity contribution in [3.8, 4) is 11.3 Å². The van der Waals surface area contributed by atoms with E-state index in [1.165, 1.54) is 0 Å². The van der Waals surface area contributed by atoms with Gasteiger partial charge in [-0.1, -0.05) is 41.4 Å². The molecule has 3 aromatic rings. The van der Waals surface area contributed by atoms with E-state index in [1.54, 1.807) is 12.1 Å². The van der Waals surface area contributed by atoms with Crippen LogP contribution in [0.1, 0.15) is 21.5 Å². The molecule has 0 aliphatic carbocycles. The number of aryl methyl sites for hydroxylation is 2. The van der Waals surface area contributed by atoms with E-state index in [4.69, 9.17) is 11.6 Å². The zero-order valence-corrected chi connectivity index (χ0v) is 14.9. The van der Waals surface area contributed by atoms with E-state index in [2.05, 4.69) is 20.9 Å². The summed E-state index contributed by atoms with van der Waals surface area (Å²) in [6.07, 6.45) is 0. The molecule has 3 rings (SSSR count). The van der Waals surface area contributed by atoms with Crippen LogP contribution in [0.5, 0.6) is 0 Å². The number of fused-ring (bicyclic) bond motifs is 1. The number of pyridine rings is 1. The van der Waals surface area contributed by atoms with Gasteiger partial charge in [0.15, 0.2) is 0 Å². The van der Waals surface area contributed by atoms with Crippen molar-refractivity contribution in [2.24, 2.45) is 0 Å². The summed E-state index contributed by atoms with van der Waals surface area (Å²) in [7, 11) is 0. The van der Waals surface area contributed by atoms with E-state index in [0.717, 1.165) is 16.7 Å². The minimum absolute atomic E-state index is 0.214. The topological polar surface area (TPSA) is 50.2 Å². The molecule has 1 N–H and O–H groups in total. The van der Waals surface area contributed by atoms with Crippen LogP contribution in [0.15, 0.2) is 40.9 Å². The highest BCUT2D eigenvalue weighted by Gasteiger charge is 2.17. The number of hydrogen-bond donors (Lipinski definition) is 1. The van der Waals surface area contributed by atoms with E-state index in [9.17, 15) is 9.90 Å². The lowest BCUT2D eigenvalue weighted by atomic mass is 10.0. The van der Waals surface area contributed by atoms with Crippen LogP contribution in [-0.2, 0) is 0 Å². The van der Waals surface area contributed by atoms with Crippen molar-refractivity contribution < 1.29 is 9.90 Å². The third kappa shape index (κ3) is 2.84. The first-order valence-electron chi connectivity index (χ1n) is 6.98. The zero-order valence-electron chi connectivity index (χ0n) is 12.5. The Balaban J connectivity index is 2.38. The molecule has 1 aromatic heterocycles. The van der Waals surface area contributed by atoms with Gasteiger partial charge >= 0.3 is 5.97 Å². The third-order valence-corrected chi connectivity index (χ3v) is 5.14. The van der Waals surface area contributed by atoms with E-state index >= 15 is 0 Å². The molecule has 0 radical (unpaired) electrons. The molecule has 1 heterocycles. The summed E-state index contributed by atoms with van der Waals surface area (Å²) in [5.74, 6) is -0.987. The van der Waals surface area contributed by atoms with Crippen molar-refractivity contribution in [3.05, 3.63) is 62.6 Å². The molecule has 116 valence electrons. The zero-order chi connectivity index (χ0) is 16.7. The number of hydrogen-bond acceptors (Lipinski definition) is 2. The highest BCUT2D eigenvalue weighted by atomic mass is 79.9. The number of carboxylic acid groups (broad SMARTS) is 1. The predicted molar refractivity (Wildman–Crippen MR) is 96.3 cm³/mol. The van der Waals surface area contributed by atoms with Crippen LogP contribution in [0.2, 0.25) is 5.02 Å². The van der Waals surface area contributed by atoms with Gasteiger partial charge in [0.1, 0.15) is 0 Å². The summed E-state index contributed by atoms with van der Waals surface area (Å²) >= 11 is 9.64. The van der Waals surface area contributed by atoms with Gasteiger partial charge < -0.3 is 5.11 Å². The number of aromatic carboxylic acids is 1. The van der Waals surface area contributed by atoms with Gasteiger partial charge in [0.2, 0.25) is 0 Å². The van der Waals surface area contributed by atoms with Gasteiger partial charge in [-0.25, -0.2) is 9.78 Å². The number of nitrogens with zero attached hydrogens (tertiary/aromatic N) is 1. The molecule has 0 aliphatic heterocycles. The first-order chi connectivity index (χ1) is 10.9. The number of carboxylic acids is 1. The first-order valence-corrected chi connectivity index (χ1v) is 8.15. The van der Waals surface area contributed by atoms with Crippen LogP contribution in [0, 0.1) is 13.8 Å². The molecular formula is C18H13BrClNO2. The van der Waals surface area contributed by atoms with Crippen LogP contribution in [0.4, 0.5) is 0 Å². The fourth-order valence-corrected chi connectivity index (χ4v) is 3.18. The highest BCUT2D eigenvalue weighted by molar-refractivity contribution is 9.10. The van der Waals surface area contributed by atoms with E-state index in [0.29, 0.717) is 26.1 Å². The second-order valence-electron chi connectivity index (χ2n) is 5.42. The Labute approximate surface area is 147 Å². The maximum absolute atomic E-state index is 11.7. The molecule has 0 saturated heterocycles. The maximum Gasteiger partial charge on any atom is 0.336 e. The number of halogens is 2. The second kappa shape index (κ2) is 5.95. The van der Waals surface area contributed by atoms with Gasteiger partial charge in [-0.05, 0) is 47.5 Å². The normalized spacial score (nSPS) is 11.0. The van der Waals surface area contributed by atoms with E-state index < -0.39 is 5.97 Å². The Kier molecular flexibility index (Phi) is 4.13. The Morgan fingerprint density at radius 2 is 1.83 bits per heavy atom. The highest BCUT2D eigenvalue weighted by Crippen LogP contribution is 2.35. The average Bonchev–Trinajstić information content (AvgIpc) is 2.52. The lowest BCUT2D eigenvalue weighted by molar-refractivity contribution is 0.0699. The van der Waals surface area contributed by atoms with Crippen LogP contribution < -0.4 is 0 Å². The summed E-state index contributed by atoms with van der Waals surface area (Å²) in [6, 6.07) is 11.1. The lowest BCUT2D eigenvalue weighted by Crippen LogP contribution is -2.02. The predicted octanol–water partition coefficient (Wildman–Crippen LogP) is 5.63. The quantitative estimate of drug-likeness (QED) is 0.616. The van der Waals surface area contributed by atoms with E-state index in [1.807, 2.05) is 38.1 Å². The minimum atomic E-state index is -0.987. The largest absolute Gasteiger partial charge is 0.478 e. The lowest BCUT2D eigenvalue weighted by Gasteiger charge is -2.11. The number of aromatic nitrogens is 1. The van der Waals surface area contributed by atoms with Crippen molar-refractivity contribution in [2.45, 2.75) is 13.8 Å². The van der Waals surface area contributed by atoms with Crippen molar-refractivity contribution in [1.29, 1.82) is 0 Å². The Morgan fingerprint density at radius 1 is 1.17 bits per heavy atom.